The van der Waals surface area contributed by atoms with Gasteiger partial charge in [0.05, 0.1) is 12.1 Å². The second-order valence-electron chi connectivity index (χ2n) is 5.92. The summed E-state index contributed by atoms with van der Waals surface area (Å²) in [7, 11) is 0. The lowest BCUT2D eigenvalue weighted by molar-refractivity contribution is -0.123. The Morgan fingerprint density at radius 3 is 2.46 bits per heavy atom. The van der Waals surface area contributed by atoms with E-state index >= 15 is 0 Å². The molecule has 0 saturated heterocycles. The Morgan fingerprint density at radius 1 is 1.12 bits per heavy atom. The summed E-state index contributed by atoms with van der Waals surface area (Å²) in [5, 5.41) is 12.5. The number of nitrogens with one attached hydrogen (secondary N) is 1. The van der Waals surface area contributed by atoms with Gasteiger partial charge in [-0.25, -0.2) is 0 Å². The zero-order chi connectivity index (χ0) is 17.5. The fourth-order valence-electron chi connectivity index (χ4n) is 2.42. The minimum Gasteiger partial charge on any atom is -0.484 e. The Labute approximate surface area is 143 Å². The molecule has 0 spiro atoms. The second-order valence-corrected chi connectivity index (χ2v) is 5.92. The van der Waals surface area contributed by atoms with Gasteiger partial charge in [-0.2, -0.15) is 0 Å². The van der Waals surface area contributed by atoms with Crippen molar-refractivity contribution in [2.45, 2.75) is 39.3 Å². The highest BCUT2D eigenvalue weighted by atomic mass is 16.5. The van der Waals surface area contributed by atoms with Crippen LogP contribution in [0, 0.1) is 0 Å². The summed E-state index contributed by atoms with van der Waals surface area (Å²) in [5.74, 6) is 0.396. The van der Waals surface area contributed by atoms with Crippen LogP contribution in [0.3, 0.4) is 0 Å². The highest BCUT2D eigenvalue weighted by Gasteiger charge is 2.10. The smallest absolute Gasteiger partial charge is 0.258 e. The third kappa shape index (κ3) is 5.10. The molecule has 2 aromatic rings. The number of carbonyl (C=O) groups excluding carboxylic acids is 1. The van der Waals surface area contributed by atoms with Crippen molar-refractivity contribution in [3.63, 3.8) is 0 Å². The van der Waals surface area contributed by atoms with Gasteiger partial charge in [0.2, 0.25) is 0 Å². The van der Waals surface area contributed by atoms with Crippen LogP contribution < -0.4 is 10.1 Å². The lowest BCUT2D eigenvalue weighted by atomic mass is 10.1. The molecular weight excluding hydrogens is 302 g/mol. The van der Waals surface area contributed by atoms with Crippen LogP contribution in [-0.2, 0) is 11.2 Å². The molecule has 4 heteroatoms. The van der Waals surface area contributed by atoms with E-state index in [2.05, 4.69) is 24.4 Å². The molecule has 0 aliphatic heterocycles. The van der Waals surface area contributed by atoms with Crippen molar-refractivity contribution >= 4 is 5.91 Å². The van der Waals surface area contributed by atoms with E-state index < -0.39 is 6.10 Å². The molecule has 0 radical (unpaired) electrons. The summed E-state index contributed by atoms with van der Waals surface area (Å²) in [6, 6.07) is 15.3. The summed E-state index contributed by atoms with van der Waals surface area (Å²) in [4.78, 5) is 12.1. The summed E-state index contributed by atoms with van der Waals surface area (Å²) in [6.45, 7) is 5.70. The molecule has 1 amide bonds. The van der Waals surface area contributed by atoms with Crippen molar-refractivity contribution < 1.29 is 14.6 Å². The standard InChI is InChI=1S/C20H25NO3/c1-4-16-8-10-17(11-9-16)14(2)21-20(23)13-24-19-7-5-6-18(12-19)15(3)22/h5-12,14-15,22H,4,13H2,1-3H3,(H,21,23). The predicted octanol–water partition coefficient (Wildman–Crippen LogP) is 3.56. The Hall–Kier alpha value is -2.33. The largest absolute Gasteiger partial charge is 0.484 e. The summed E-state index contributed by atoms with van der Waals surface area (Å²) in [5.41, 5.74) is 3.10. The Kier molecular flexibility index (Phi) is 6.38. The van der Waals surface area contributed by atoms with Gasteiger partial charge >= 0.3 is 0 Å². The lowest BCUT2D eigenvalue weighted by Gasteiger charge is -2.15. The molecule has 0 aliphatic carbocycles. The normalized spacial score (nSPS) is 13.2. The first-order chi connectivity index (χ1) is 11.5. The van der Waals surface area contributed by atoms with Crippen LogP contribution in [0.1, 0.15) is 49.6 Å². The number of ether oxygens (including phenoxy) is 1. The molecule has 0 bridgehead atoms. The third-order valence-corrected chi connectivity index (χ3v) is 3.98. The van der Waals surface area contributed by atoms with Crippen molar-refractivity contribution in [2.24, 2.45) is 0 Å². The molecule has 128 valence electrons. The number of hydrogen-bond acceptors (Lipinski definition) is 3. The maximum Gasteiger partial charge on any atom is 0.258 e. The first-order valence-electron chi connectivity index (χ1n) is 8.28. The van der Waals surface area contributed by atoms with E-state index in [4.69, 9.17) is 4.74 Å². The lowest BCUT2D eigenvalue weighted by Crippen LogP contribution is -2.31. The molecule has 0 heterocycles. The minimum absolute atomic E-state index is 0.0549. The van der Waals surface area contributed by atoms with Gasteiger partial charge in [0.15, 0.2) is 6.61 Å². The minimum atomic E-state index is -0.562. The fraction of sp³-hybridized carbons (Fsp3) is 0.350. The number of hydrogen-bond donors (Lipinski definition) is 2. The number of aliphatic hydroxyl groups excluding tert-OH is 1. The van der Waals surface area contributed by atoms with E-state index in [0.717, 1.165) is 17.5 Å². The van der Waals surface area contributed by atoms with Gasteiger partial charge in [-0.15, -0.1) is 0 Å². The van der Waals surface area contributed by atoms with Crippen LogP contribution in [0.15, 0.2) is 48.5 Å². The predicted molar refractivity (Wildman–Crippen MR) is 94.9 cm³/mol. The fourth-order valence-corrected chi connectivity index (χ4v) is 2.42. The van der Waals surface area contributed by atoms with E-state index in [1.54, 1.807) is 25.1 Å². The molecule has 2 rings (SSSR count). The van der Waals surface area contributed by atoms with E-state index in [0.29, 0.717) is 5.75 Å². The average molecular weight is 327 g/mol. The van der Waals surface area contributed by atoms with Crippen LogP contribution in [0.25, 0.3) is 0 Å². The van der Waals surface area contributed by atoms with Gasteiger partial charge in [0.25, 0.3) is 5.91 Å². The van der Waals surface area contributed by atoms with Crippen molar-refractivity contribution in [3.05, 3.63) is 65.2 Å². The van der Waals surface area contributed by atoms with Crippen molar-refractivity contribution in [1.29, 1.82) is 0 Å². The van der Waals surface area contributed by atoms with E-state index in [-0.39, 0.29) is 18.6 Å². The Bertz CT molecular complexity index is 665. The van der Waals surface area contributed by atoms with Crippen LogP contribution in [0.2, 0.25) is 0 Å². The van der Waals surface area contributed by atoms with Crippen LogP contribution in [0.5, 0.6) is 5.75 Å². The van der Waals surface area contributed by atoms with E-state index in [1.165, 1.54) is 5.56 Å². The van der Waals surface area contributed by atoms with Gasteiger partial charge in [0, 0.05) is 0 Å². The molecule has 4 nitrogen and oxygen atoms in total. The quantitative estimate of drug-likeness (QED) is 0.817. The highest BCUT2D eigenvalue weighted by Crippen LogP contribution is 2.19. The zero-order valence-electron chi connectivity index (χ0n) is 14.5. The SMILES string of the molecule is CCc1ccc(C(C)NC(=O)COc2cccc(C(C)O)c2)cc1. The average Bonchev–Trinajstić information content (AvgIpc) is 2.60. The number of aliphatic hydroxyl groups is 1. The first kappa shape index (κ1) is 18.0. The number of carbonyl (C=O) groups is 1. The number of amides is 1. The van der Waals surface area contributed by atoms with Crippen molar-refractivity contribution in [3.8, 4) is 5.75 Å². The summed E-state index contributed by atoms with van der Waals surface area (Å²) in [6.07, 6.45) is 0.439. The van der Waals surface area contributed by atoms with Crippen LogP contribution >= 0.6 is 0 Å². The maximum absolute atomic E-state index is 12.1. The van der Waals surface area contributed by atoms with Gasteiger partial charge in [0.1, 0.15) is 5.75 Å². The van der Waals surface area contributed by atoms with Gasteiger partial charge in [-0.05, 0) is 49.1 Å². The molecule has 24 heavy (non-hydrogen) atoms. The van der Waals surface area contributed by atoms with Gasteiger partial charge in [-0.3, -0.25) is 4.79 Å². The molecule has 2 atom stereocenters. The molecule has 0 aromatic heterocycles. The molecule has 0 saturated carbocycles. The van der Waals surface area contributed by atoms with E-state index in [1.807, 2.05) is 25.1 Å². The molecule has 0 aliphatic rings. The number of aryl methyl sites for hydroxylation is 1. The number of benzene rings is 2. The van der Waals surface area contributed by atoms with Crippen LogP contribution in [0.4, 0.5) is 0 Å². The van der Waals surface area contributed by atoms with Gasteiger partial charge in [-0.1, -0.05) is 43.3 Å². The molecule has 2 unspecified atom stereocenters. The molecular formula is C20H25NO3. The molecule has 2 aromatic carbocycles. The molecule has 2 N–H and O–H groups in total. The first-order valence-corrected chi connectivity index (χ1v) is 8.28. The zero-order valence-corrected chi connectivity index (χ0v) is 14.5. The topological polar surface area (TPSA) is 58.6 Å². The maximum atomic E-state index is 12.1. The summed E-state index contributed by atoms with van der Waals surface area (Å²) < 4.78 is 5.51. The van der Waals surface area contributed by atoms with E-state index in [9.17, 15) is 9.90 Å². The Morgan fingerprint density at radius 2 is 1.83 bits per heavy atom. The summed E-state index contributed by atoms with van der Waals surface area (Å²) >= 11 is 0. The van der Waals surface area contributed by atoms with Crippen LogP contribution in [-0.4, -0.2) is 17.6 Å². The monoisotopic (exact) mass is 327 g/mol. The molecule has 0 fully saturated rings. The van der Waals surface area contributed by atoms with Crippen molar-refractivity contribution in [1.82, 2.24) is 5.32 Å². The van der Waals surface area contributed by atoms with Crippen molar-refractivity contribution in [2.75, 3.05) is 6.61 Å². The second kappa shape index (κ2) is 8.50. The Balaban J connectivity index is 1.87. The third-order valence-electron chi connectivity index (χ3n) is 3.98. The highest BCUT2D eigenvalue weighted by molar-refractivity contribution is 5.78. The van der Waals surface area contributed by atoms with Gasteiger partial charge < -0.3 is 15.2 Å². The number of rotatable bonds is 7.